The monoisotopic (exact) mass is 412 g/mol. The van der Waals surface area contributed by atoms with Crippen LogP contribution in [-0.2, 0) is 32.1 Å². The molecular weight excluding hydrogens is 380 g/mol. The summed E-state index contributed by atoms with van der Waals surface area (Å²) in [5.74, 6) is -0.744. The third-order valence-corrected chi connectivity index (χ3v) is 4.70. The normalized spacial score (nSPS) is 14.0. The summed E-state index contributed by atoms with van der Waals surface area (Å²) in [6.07, 6.45) is 0.0667. The molecule has 6 nitrogen and oxygen atoms in total. The highest BCUT2D eigenvalue weighted by atomic mass is 16.6. The number of nitrogens with two attached hydrogens (primary N) is 2. The number of rotatable bonds is 11. The van der Waals surface area contributed by atoms with E-state index in [1.54, 1.807) is 0 Å². The second-order valence-corrected chi connectivity index (χ2v) is 7.92. The van der Waals surface area contributed by atoms with Crippen LogP contribution in [0.5, 0.6) is 0 Å². The summed E-state index contributed by atoms with van der Waals surface area (Å²) in [6.45, 7) is 4.20. The maximum Gasteiger partial charge on any atom is 0.323 e. The van der Waals surface area contributed by atoms with Crippen LogP contribution in [0.2, 0.25) is 0 Å². The van der Waals surface area contributed by atoms with Crippen molar-refractivity contribution in [1.82, 2.24) is 0 Å². The number of ether oxygens (including phenoxy) is 2. The lowest BCUT2D eigenvalue weighted by Gasteiger charge is -2.26. The minimum atomic E-state index is -0.832. The third-order valence-electron chi connectivity index (χ3n) is 4.70. The van der Waals surface area contributed by atoms with Crippen LogP contribution in [0.25, 0.3) is 0 Å². The van der Waals surface area contributed by atoms with Gasteiger partial charge < -0.3 is 20.9 Å². The molecule has 0 aliphatic carbocycles. The van der Waals surface area contributed by atoms with Gasteiger partial charge >= 0.3 is 11.9 Å². The van der Waals surface area contributed by atoms with Gasteiger partial charge in [0, 0.05) is 6.04 Å². The zero-order valence-corrected chi connectivity index (χ0v) is 17.7. The Morgan fingerprint density at radius 3 is 2.03 bits per heavy atom. The molecule has 0 aliphatic rings. The number of carbonyl (C=O) groups excluding carboxylic acids is 2. The van der Waals surface area contributed by atoms with E-state index in [0.29, 0.717) is 18.8 Å². The maximum atomic E-state index is 12.6. The van der Waals surface area contributed by atoms with Crippen molar-refractivity contribution in [1.29, 1.82) is 0 Å². The molecule has 0 saturated carbocycles. The molecule has 0 spiro atoms. The zero-order valence-electron chi connectivity index (χ0n) is 17.7. The zero-order chi connectivity index (χ0) is 21.9. The lowest BCUT2D eigenvalue weighted by molar-refractivity contribution is -0.158. The largest absolute Gasteiger partial charge is 0.461 e. The van der Waals surface area contributed by atoms with E-state index >= 15 is 0 Å². The summed E-state index contributed by atoms with van der Waals surface area (Å²) in [6, 6.07) is 17.5. The van der Waals surface area contributed by atoms with E-state index in [4.69, 9.17) is 20.9 Å². The second-order valence-electron chi connectivity index (χ2n) is 7.92. The molecule has 0 fully saturated rings. The molecule has 0 unspecified atom stereocenters. The average molecular weight is 413 g/mol. The van der Waals surface area contributed by atoms with Crippen molar-refractivity contribution in [3.63, 3.8) is 0 Å². The van der Waals surface area contributed by atoms with Gasteiger partial charge in [0.05, 0.1) is 6.42 Å². The Morgan fingerprint density at radius 2 is 1.47 bits per heavy atom. The topological polar surface area (TPSA) is 105 Å². The van der Waals surface area contributed by atoms with Gasteiger partial charge in [0.1, 0.15) is 18.8 Å². The van der Waals surface area contributed by atoms with Gasteiger partial charge in [-0.1, -0.05) is 74.5 Å². The van der Waals surface area contributed by atoms with Crippen molar-refractivity contribution in [3.8, 4) is 0 Å². The van der Waals surface area contributed by atoms with Crippen molar-refractivity contribution >= 4 is 11.9 Å². The fourth-order valence-corrected chi connectivity index (χ4v) is 3.13. The van der Waals surface area contributed by atoms with Crippen LogP contribution >= 0.6 is 0 Å². The summed E-state index contributed by atoms with van der Waals surface area (Å²) < 4.78 is 10.9. The molecule has 2 aromatic rings. The number of hydrogen-bond acceptors (Lipinski definition) is 6. The van der Waals surface area contributed by atoms with Gasteiger partial charge in [0.15, 0.2) is 0 Å². The van der Waals surface area contributed by atoms with Crippen LogP contribution in [0, 0.1) is 5.92 Å². The van der Waals surface area contributed by atoms with Crippen LogP contribution in [0.4, 0.5) is 0 Å². The first-order valence-electron chi connectivity index (χ1n) is 10.3. The molecule has 0 saturated heterocycles. The Morgan fingerprint density at radius 1 is 0.900 bits per heavy atom. The molecule has 6 heteroatoms. The molecule has 3 atom stereocenters. The standard InChI is InChI=1S/C24H32N2O4/c1-17(2)13-20(25)22(15-23(27)29-16-19-11-7-4-8-12-19)30-24(28)21(26)14-18-9-5-3-6-10-18/h3-12,17,20-22H,13-16,25-26H2,1-2H3/t20-,21-,22-/m0/s1. The summed E-state index contributed by atoms with van der Waals surface area (Å²) in [5.41, 5.74) is 14.1. The van der Waals surface area contributed by atoms with Crippen LogP contribution in [0.15, 0.2) is 60.7 Å². The SMILES string of the molecule is CC(C)C[C@H](N)[C@H](CC(=O)OCc1ccccc1)OC(=O)[C@@H](N)Cc1ccccc1. The lowest BCUT2D eigenvalue weighted by Crippen LogP contribution is -2.45. The first kappa shape index (κ1) is 23.6. The summed E-state index contributed by atoms with van der Waals surface area (Å²) >= 11 is 0. The van der Waals surface area contributed by atoms with E-state index in [-0.39, 0.29) is 13.0 Å². The third kappa shape index (κ3) is 8.35. The molecule has 0 bridgehead atoms. The second kappa shape index (κ2) is 12.1. The Bertz CT molecular complexity index is 780. The van der Waals surface area contributed by atoms with Crippen molar-refractivity contribution in [2.24, 2.45) is 17.4 Å². The van der Waals surface area contributed by atoms with Crippen LogP contribution < -0.4 is 11.5 Å². The molecule has 2 rings (SSSR count). The van der Waals surface area contributed by atoms with Gasteiger partial charge in [-0.25, -0.2) is 0 Å². The van der Waals surface area contributed by atoms with E-state index in [1.165, 1.54) is 0 Å². The minimum Gasteiger partial charge on any atom is -0.461 e. The van der Waals surface area contributed by atoms with Crippen LogP contribution in [-0.4, -0.2) is 30.1 Å². The molecule has 30 heavy (non-hydrogen) atoms. The quantitative estimate of drug-likeness (QED) is 0.550. The summed E-state index contributed by atoms with van der Waals surface area (Å²) in [4.78, 5) is 24.9. The average Bonchev–Trinajstić information content (AvgIpc) is 2.72. The van der Waals surface area contributed by atoms with Gasteiger partial charge in [-0.05, 0) is 29.9 Å². The van der Waals surface area contributed by atoms with Crippen molar-refractivity contribution in [2.75, 3.05) is 0 Å². The van der Waals surface area contributed by atoms with E-state index in [9.17, 15) is 9.59 Å². The summed E-state index contributed by atoms with van der Waals surface area (Å²) in [5, 5.41) is 0. The van der Waals surface area contributed by atoms with Gasteiger partial charge in [-0.2, -0.15) is 0 Å². The molecule has 2 aromatic carbocycles. The Kier molecular flexibility index (Phi) is 9.51. The predicted octanol–water partition coefficient (Wildman–Crippen LogP) is 2.98. The van der Waals surface area contributed by atoms with E-state index in [1.807, 2.05) is 74.5 Å². The predicted molar refractivity (Wildman–Crippen MR) is 116 cm³/mol. The fraction of sp³-hybridized carbons (Fsp3) is 0.417. The molecule has 162 valence electrons. The number of esters is 2. The minimum absolute atomic E-state index is 0.107. The molecule has 4 N–H and O–H groups in total. The summed E-state index contributed by atoms with van der Waals surface area (Å²) in [7, 11) is 0. The highest BCUT2D eigenvalue weighted by molar-refractivity contribution is 5.77. The molecule has 0 aromatic heterocycles. The number of hydrogen-bond donors (Lipinski definition) is 2. The molecule has 0 heterocycles. The van der Waals surface area contributed by atoms with Crippen LogP contribution in [0.1, 0.15) is 37.8 Å². The van der Waals surface area contributed by atoms with Gasteiger partial charge in [0.25, 0.3) is 0 Å². The number of benzene rings is 2. The van der Waals surface area contributed by atoms with Crippen LogP contribution in [0.3, 0.4) is 0 Å². The fourth-order valence-electron chi connectivity index (χ4n) is 3.13. The first-order chi connectivity index (χ1) is 14.3. The van der Waals surface area contributed by atoms with Crippen molar-refractivity contribution in [3.05, 3.63) is 71.8 Å². The highest BCUT2D eigenvalue weighted by Gasteiger charge is 2.28. The Balaban J connectivity index is 1.95. The Hall–Kier alpha value is -2.70. The van der Waals surface area contributed by atoms with E-state index in [2.05, 4.69) is 0 Å². The first-order valence-corrected chi connectivity index (χ1v) is 10.3. The molecule has 0 amide bonds. The van der Waals surface area contributed by atoms with E-state index < -0.39 is 30.1 Å². The molecular formula is C24H32N2O4. The smallest absolute Gasteiger partial charge is 0.323 e. The maximum absolute atomic E-state index is 12.6. The lowest BCUT2D eigenvalue weighted by atomic mass is 9.98. The van der Waals surface area contributed by atoms with E-state index in [0.717, 1.165) is 11.1 Å². The molecule has 0 radical (unpaired) electrons. The van der Waals surface area contributed by atoms with Gasteiger partial charge in [0.2, 0.25) is 0 Å². The number of carbonyl (C=O) groups is 2. The van der Waals surface area contributed by atoms with Gasteiger partial charge in [-0.15, -0.1) is 0 Å². The highest BCUT2D eigenvalue weighted by Crippen LogP contribution is 2.15. The Labute approximate surface area is 178 Å². The molecule has 0 aliphatic heterocycles. The van der Waals surface area contributed by atoms with Crippen molar-refractivity contribution < 1.29 is 19.1 Å². The van der Waals surface area contributed by atoms with Crippen molar-refractivity contribution in [2.45, 2.75) is 57.9 Å². The van der Waals surface area contributed by atoms with Gasteiger partial charge in [-0.3, -0.25) is 9.59 Å².